The fourth-order valence-electron chi connectivity index (χ4n) is 3.04. The van der Waals surface area contributed by atoms with Crippen molar-refractivity contribution in [3.8, 4) is 5.75 Å². The first kappa shape index (κ1) is 20.0. The zero-order valence-electron chi connectivity index (χ0n) is 16.0. The molecule has 0 saturated carbocycles. The smallest absolute Gasteiger partial charge is 0.317 e. The average Bonchev–Trinajstić information content (AvgIpc) is 3.18. The number of hydrogen-bond donors (Lipinski definition) is 1. The number of carbonyl (C=O) groups is 1. The fraction of sp³-hybridized carbons (Fsp3) is 0.333. The second-order valence-electron chi connectivity index (χ2n) is 6.51. The van der Waals surface area contributed by atoms with Crippen LogP contribution in [0.15, 0.2) is 53.7 Å². The molecule has 0 aliphatic carbocycles. The molecule has 148 valence electrons. The number of nitrogens with one attached hydrogen (secondary N) is 1. The first-order chi connectivity index (χ1) is 13.6. The largest absolute Gasteiger partial charge is 0.497 e. The second kappa shape index (κ2) is 9.46. The zero-order chi connectivity index (χ0) is 19.9. The van der Waals surface area contributed by atoms with Gasteiger partial charge in [0.05, 0.1) is 19.4 Å². The lowest BCUT2D eigenvalue weighted by Crippen LogP contribution is -2.43. The molecular formula is C21H24ClN3O3. The first-order valence-electron chi connectivity index (χ1n) is 9.24. The number of rotatable bonds is 7. The molecule has 1 aliphatic rings. The van der Waals surface area contributed by atoms with Gasteiger partial charge in [0.1, 0.15) is 5.75 Å². The van der Waals surface area contributed by atoms with Crippen molar-refractivity contribution >= 4 is 23.3 Å². The molecule has 0 spiro atoms. The summed E-state index contributed by atoms with van der Waals surface area (Å²) in [5.74, 6) is 0.793. The molecular weight excluding hydrogens is 378 g/mol. The van der Waals surface area contributed by atoms with Gasteiger partial charge in [0.25, 0.3) is 0 Å². The molecule has 1 unspecified atom stereocenters. The average molecular weight is 402 g/mol. The van der Waals surface area contributed by atoms with Gasteiger partial charge in [-0.2, -0.15) is 0 Å². The van der Waals surface area contributed by atoms with Crippen molar-refractivity contribution in [2.45, 2.75) is 26.0 Å². The molecule has 1 heterocycles. The van der Waals surface area contributed by atoms with E-state index < -0.39 is 0 Å². The molecule has 0 bridgehead atoms. The maximum Gasteiger partial charge on any atom is 0.317 e. The number of amides is 2. The van der Waals surface area contributed by atoms with Crippen LogP contribution in [0.2, 0.25) is 5.02 Å². The lowest BCUT2D eigenvalue weighted by Gasteiger charge is -2.25. The number of methoxy groups -OCH3 is 1. The molecule has 1 aliphatic heterocycles. The van der Waals surface area contributed by atoms with E-state index in [1.165, 1.54) is 0 Å². The molecule has 2 amide bonds. The topological polar surface area (TPSA) is 63.2 Å². The number of nitrogens with zero attached hydrogens (tertiary/aromatic N) is 2. The molecule has 7 heteroatoms. The monoisotopic (exact) mass is 401 g/mol. The van der Waals surface area contributed by atoms with Crippen molar-refractivity contribution in [3.05, 3.63) is 64.7 Å². The van der Waals surface area contributed by atoms with E-state index in [9.17, 15) is 4.79 Å². The number of urea groups is 1. The third-order valence-corrected chi connectivity index (χ3v) is 4.88. The number of benzene rings is 2. The van der Waals surface area contributed by atoms with E-state index in [4.69, 9.17) is 21.2 Å². The lowest BCUT2D eigenvalue weighted by atomic mass is 10.0. The summed E-state index contributed by atoms with van der Waals surface area (Å²) in [4.78, 5) is 19.8. The Balaban J connectivity index is 1.66. The Hall–Kier alpha value is -2.73. The third kappa shape index (κ3) is 4.95. The summed E-state index contributed by atoms with van der Waals surface area (Å²) in [5.41, 5.74) is 2.74. The standard InChI is InChI=1S/C21H24ClN3O3/c1-3-23-21(26)25(13-16-6-4-5-7-19(16)22)14-18-12-20(24-28-18)15-8-10-17(27-2)11-9-15/h4-11,18H,3,12-14H2,1-2H3,(H,23,26). The van der Waals surface area contributed by atoms with E-state index in [1.807, 2.05) is 55.5 Å². The summed E-state index contributed by atoms with van der Waals surface area (Å²) in [6, 6.07) is 15.1. The highest BCUT2D eigenvalue weighted by molar-refractivity contribution is 6.31. The van der Waals surface area contributed by atoms with Crippen LogP contribution < -0.4 is 10.1 Å². The fourth-order valence-corrected chi connectivity index (χ4v) is 3.24. The Bertz CT molecular complexity index is 839. The third-order valence-electron chi connectivity index (χ3n) is 4.51. The number of halogens is 1. The number of hydrogen-bond acceptors (Lipinski definition) is 4. The number of oxime groups is 1. The Kier molecular flexibility index (Phi) is 6.76. The molecule has 3 rings (SSSR count). The van der Waals surface area contributed by atoms with Crippen LogP contribution in [0.1, 0.15) is 24.5 Å². The highest BCUT2D eigenvalue weighted by atomic mass is 35.5. The summed E-state index contributed by atoms with van der Waals surface area (Å²) in [6.07, 6.45) is 0.423. The predicted octanol–water partition coefficient (Wildman–Crippen LogP) is 4.07. The van der Waals surface area contributed by atoms with Gasteiger partial charge >= 0.3 is 6.03 Å². The van der Waals surface area contributed by atoms with Crippen molar-refractivity contribution in [3.63, 3.8) is 0 Å². The van der Waals surface area contributed by atoms with E-state index >= 15 is 0 Å². The van der Waals surface area contributed by atoms with Crippen LogP contribution in [0.3, 0.4) is 0 Å². The molecule has 1 atom stereocenters. The SMILES string of the molecule is CCNC(=O)N(Cc1ccccc1Cl)CC1CC(c2ccc(OC)cc2)=NO1. The Labute approximate surface area is 170 Å². The van der Waals surface area contributed by atoms with Crippen LogP contribution in [-0.4, -0.2) is 42.9 Å². The predicted molar refractivity (Wildman–Crippen MR) is 110 cm³/mol. The van der Waals surface area contributed by atoms with E-state index in [0.29, 0.717) is 31.1 Å². The number of carbonyl (C=O) groups excluding carboxylic acids is 1. The van der Waals surface area contributed by atoms with Gasteiger partial charge in [-0.15, -0.1) is 0 Å². The molecule has 28 heavy (non-hydrogen) atoms. The van der Waals surface area contributed by atoms with Crippen molar-refractivity contribution in [1.82, 2.24) is 10.2 Å². The molecule has 0 saturated heterocycles. The summed E-state index contributed by atoms with van der Waals surface area (Å²) in [7, 11) is 1.64. The van der Waals surface area contributed by atoms with Gasteiger partial charge in [-0.05, 0) is 48.4 Å². The highest BCUT2D eigenvalue weighted by Gasteiger charge is 2.27. The van der Waals surface area contributed by atoms with Crippen molar-refractivity contribution in [1.29, 1.82) is 0 Å². The van der Waals surface area contributed by atoms with E-state index in [2.05, 4.69) is 10.5 Å². The van der Waals surface area contributed by atoms with Crippen LogP contribution in [0.25, 0.3) is 0 Å². The molecule has 1 N–H and O–H groups in total. The minimum atomic E-state index is -0.206. The lowest BCUT2D eigenvalue weighted by molar-refractivity contribution is 0.0590. The van der Waals surface area contributed by atoms with Crippen molar-refractivity contribution in [2.75, 3.05) is 20.2 Å². The number of ether oxygens (including phenoxy) is 1. The summed E-state index contributed by atoms with van der Waals surface area (Å²) in [5, 5.41) is 7.71. The summed E-state index contributed by atoms with van der Waals surface area (Å²) >= 11 is 6.27. The molecule has 2 aromatic rings. The van der Waals surface area contributed by atoms with Gasteiger partial charge in [-0.25, -0.2) is 4.79 Å². The Morgan fingerprint density at radius 2 is 2.04 bits per heavy atom. The Morgan fingerprint density at radius 3 is 2.71 bits per heavy atom. The zero-order valence-corrected chi connectivity index (χ0v) is 16.8. The van der Waals surface area contributed by atoms with Crippen LogP contribution in [0, 0.1) is 0 Å². The normalized spacial score (nSPS) is 15.5. The van der Waals surface area contributed by atoms with Gasteiger partial charge in [0.15, 0.2) is 6.10 Å². The van der Waals surface area contributed by atoms with Crippen LogP contribution in [-0.2, 0) is 11.4 Å². The molecule has 2 aromatic carbocycles. The van der Waals surface area contributed by atoms with Gasteiger partial charge in [-0.1, -0.05) is 35.0 Å². The quantitative estimate of drug-likeness (QED) is 0.760. The molecule has 0 radical (unpaired) electrons. The van der Waals surface area contributed by atoms with Gasteiger partial charge in [-0.3, -0.25) is 0 Å². The highest BCUT2D eigenvalue weighted by Crippen LogP contribution is 2.22. The molecule has 6 nitrogen and oxygen atoms in total. The minimum absolute atomic E-state index is 0.149. The van der Waals surface area contributed by atoms with Crippen LogP contribution in [0.4, 0.5) is 4.79 Å². The summed E-state index contributed by atoms with van der Waals surface area (Å²) < 4.78 is 5.19. The van der Waals surface area contributed by atoms with Crippen molar-refractivity contribution < 1.29 is 14.4 Å². The van der Waals surface area contributed by atoms with E-state index in [-0.39, 0.29) is 12.1 Å². The second-order valence-corrected chi connectivity index (χ2v) is 6.91. The maximum atomic E-state index is 12.5. The van der Waals surface area contributed by atoms with E-state index in [1.54, 1.807) is 12.0 Å². The van der Waals surface area contributed by atoms with Crippen LogP contribution in [0.5, 0.6) is 5.75 Å². The van der Waals surface area contributed by atoms with Crippen LogP contribution >= 0.6 is 11.6 Å². The first-order valence-corrected chi connectivity index (χ1v) is 9.61. The van der Waals surface area contributed by atoms with Gasteiger partial charge in [0.2, 0.25) is 0 Å². The molecule has 0 aromatic heterocycles. The maximum absolute atomic E-state index is 12.5. The van der Waals surface area contributed by atoms with Gasteiger partial charge in [0, 0.05) is 24.5 Å². The van der Waals surface area contributed by atoms with E-state index in [0.717, 1.165) is 22.6 Å². The minimum Gasteiger partial charge on any atom is -0.497 e. The summed E-state index contributed by atoms with van der Waals surface area (Å²) in [6.45, 7) is 3.27. The van der Waals surface area contributed by atoms with Crippen molar-refractivity contribution in [2.24, 2.45) is 5.16 Å². The molecule has 0 fully saturated rings. The Morgan fingerprint density at radius 1 is 1.29 bits per heavy atom. The van der Waals surface area contributed by atoms with Gasteiger partial charge < -0.3 is 19.8 Å².